The SMILES string of the molecule is CCc1ccc(C(=O)CSc2nnc3n(-c4ccccc4C)c(=O)c4ccccc4n23)cc1. The number of rotatable bonds is 6. The highest BCUT2D eigenvalue weighted by molar-refractivity contribution is 7.99. The number of hydrogen-bond donors (Lipinski definition) is 0. The van der Waals surface area contributed by atoms with E-state index in [0.717, 1.165) is 23.2 Å². The lowest BCUT2D eigenvalue weighted by Crippen LogP contribution is -2.22. The molecule has 0 aliphatic carbocycles. The van der Waals surface area contributed by atoms with Crippen LogP contribution in [0.4, 0.5) is 0 Å². The molecule has 0 bridgehead atoms. The molecule has 0 radical (unpaired) electrons. The first kappa shape index (κ1) is 21.2. The Hall–Kier alpha value is -3.71. The second-order valence-corrected chi connectivity index (χ2v) is 8.77. The maximum absolute atomic E-state index is 13.4. The van der Waals surface area contributed by atoms with Gasteiger partial charge in [0.05, 0.1) is 22.3 Å². The number of carbonyl (C=O) groups excluding carboxylic acids is 1. The van der Waals surface area contributed by atoms with Crippen LogP contribution in [0.2, 0.25) is 0 Å². The zero-order valence-electron chi connectivity index (χ0n) is 18.4. The molecule has 0 atom stereocenters. The first-order chi connectivity index (χ1) is 16.1. The lowest BCUT2D eigenvalue weighted by Gasteiger charge is -2.13. The Morgan fingerprint density at radius 2 is 1.67 bits per heavy atom. The number of aromatic nitrogens is 4. The number of thioether (sulfide) groups is 1. The van der Waals surface area contributed by atoms with Crippen molar-refractivity contribution in [1.29, 1.82) is 0 Å². The molecule has 0 N–H and O–H groups in total. The van der Waals surface area contributed by atoms with Gasteiger partial charge in [0.25, 0.3) is 5.56 Å². The fourth-order valence-corrected chi connectivity index (χ4v) is 4.78. The Balaban J connectivity index is 1.60. The van der Waals surface area contributed by atoms with E-state index in [1.807, 2.05) is 78.1 Å². The Bertz CT molecular complexity index is 1550. The average Bonchev–Trinajstić information content (AvgIpc) is 3.27. The van der Waals surface area contributed by atoms with E-state index in [-0.39, 0.29) is 17.1 Å². The zero-order valence-corrected chi connectivity index (χ0v) is 19.2. The van der Waals surface area contributed by atoms with Crippen LogP contribution >= 0.6 is 11.8 Å². The Morgan fingerprint density at radius 3 is 2.42 bits per heavy atom. The standard InChI is InChI=1S/C26H22N4O2S/c1-3-18-12-14-19(15-13-18)23(31)16-33-26-28-27-25-29(21-10-6-4-8-17(21)2)24(32)20-9-5-7-11-22(20)30(25)26/h4-15H,3,16H2,1-2H3. The smallest absolute Gasteiger partial charge is 0.267 e. The first-order valence-corrected chi connectivity index (χ1v) is 11.8. The quantitative estimate of drug-likeness (QED) is 0.270. The van der Waals surface area contributed by atoms with Gasteiger partial charge in [0.2, 0.25) is 5.78 Å². The predicted molar refractivity (Wildman–Crippen MR) is 132 cm³/mol. The molecule has 33 heavy (non-hydrogen) atoms. The number of fused-ring (bicyclic) bond motifs is 3. The molecule has 2 aromatic heterocycles. The number of Topliss-reactive ketones (excluding diaryl/α,β-unsaturated/α-hetero) is 1. The van der Waals surface area contributed by atoms with Crippen molar-refractivity contribution >= 4 is 34.2 Å². The highest BCUT2D eigenvalue weighted by Crippen LogP contribution is 2.24. The minimum absolute atomic E-state index is 0.0240. The molecular formula is C26H22N4O2S. The Kier molecular flexibility index (Phi) is 5.56. The van der Waals surface area contributed by atoms with Gasteiger partial charge in [-0.2, -0.15) is 0 Å². The summed E-state index contributed by atoms with van der Waals surface area (Å²) in [5.74, 6) is 0.676. The van der Waals surface area contributed by atoms with Crippen LogP contribution < -0.4 is 5.56 Å². The fraction of sp³-hybridized carbons (Fsp3) is 0.154. The number of carbonyl (C=O) groups is 1. The van der Waals surface area contributed by atoms with Crippen molar-refractivity contribution < 1.29 is 4.79 Å². The van der Waals surface area contributed by atoms with Crippen LogP contribution in [0.1, 0.15) is 28.4 Å². The molecule has 0 saturated heterocycles. The Morgan fingerprint density at radius 1 is 0.939 bits per heavy atom. The number of ketones is 1. The second kappa shape index (κ2) is 8.67. The van der Waals surface area contributed by atoms with E-state index < -0.39 is 0 Å². The van der Waals surface area contributed by atoms with Crippen LogP contribution in [0.25, 0.3) is 22.4 Å². The molecule has 0 aliphatic rings. The number of aryl methyl sites for hydroxylation is 2. The van der Waals surface area contributed by atoms with Gasteiger partial charge in [-0.15, -0.1) is 10.2 Å². The molecule has 3 aromatic carbocycles. The molecule has 7 heteroatoms. The third kappa shape index (κ3) is 3.74. The van der Waals surface area contributed by atoms with E-state index in [4.69, 9.17) is 0 Å². The zero-order chi connectivity index (χ0) is 22.9. The van der Waals surface area contributed by atoms with Crippen LogP contribution in [-0.4, -0.2) is 30.7 Å². The van der Waals surface area contributed by atoms with Crippen molar-refractivity contribution in [3.05, 3.63) is 99.8 Å². The van der Waals surface area contributed by atoms with Crippen LogP contribution in [0.5, 0.6) is 0 Å². The lowest BCUT2D eigenvalue weighted by atomic mass is 10.1. The van der Waals surface area contributed by atoms with Crippen molar-refractivity contribution in [2.24, 2.45) is 0 Å². The maximum atomic E-state index is 13.4. The molecular weight excluding hydrogens is 432 g/mol. The highest BCUT2D eigenvalue weighted by Gasteiger charge is 2.19. The summed E-state index contributed by atoms with van der Waals surface area (Å²) >= 11 is 1.32. The molecule has 2 heterocycles. The lowest BCUT2D eigenvalue weighted by molar-refractivity contribution is 0.102. The number of nitrogens with zero attached hydrogens (tertiary/aromatic N) is 4. The van der Waals surface area contributed by atoms with Crippen molar-refractivity contribution in [3.8, 4) is 5.69 Å². The van der Waals surface area contributed by atoms with E-state index in [1.165, 1.54) is 17.3 Å². The van der Waals surface area contributed by atoms with Crippen molar-refractivity contribution in [2.75, 3.05) is 5.75 Å². The molecule has 0 aliphatic heterocycles. The summed E-state index contributed by atoms with van der Waals surface area (Å²) in [7, 11) is 0. The van der Waals surface area contributed by atoms with Crippen molar-refractivity contribution in [1.82, 2.24) is 19.2 Å². The van der Waals surface area contributed by atoms with E-state index in [0.29, 0.717) is 21.9 Å². The van der Waals surface area contributed by atoms with E-state index in [1.54, 1.807) is 10.6 Å². The molecule has 0 amide bonds. The monoisotopic (exact) mass is 454 g/mol. The van der Waals surface area contributed by atoms with Gasteiger partial charge in [0.1, 0.15) is 0 Å². The van der Waals surface area contributed by atoms with Gasteiger partial charge < -0.3 is 0 Å². The summed E-state index contributed by atoms with van der Waals surface area (Å²) in [6, 6.07) is 22.8. The van der Waals surface area contributed by atoms with Crippen molar-refractivity contribution in [3.63, 3.8) is 0 Å². The molecule has 0 fully saturated rings. The largest absolute Gasteiger partial charge is 0.293 e. The number of para-hydroxylation sites is 2. The molecule has 0 saturated carbocycles. The highest BCUT2D eigenvalue weighted by atomic mass is 32.2. The van der Waals surface area contributed by atoms with Gasteiger partial charge in [-0.05, 0) is 42.7 Å². The van der Waals surface area contributed by atoms with Gasteiger partial charge in [0, 0.05) is 5.56 Å². The van der Waals surface area contributed by atoms with Gasteiger partial charge in [-0.1, -0.05) is 73.3 Å². The van der Waals surface area contributed by atoms with E-state index in [2.05, 4.69) is 17.1 Å². The van der Waals surface area contributed by atoms with E-state index >= 15 is 0 Å². The molecule has 6 nitrogen and oxygen atoms in total. The van der Waals surface area contributed by atoms with Crippen LogP contribution in [0, 0.1) is 6.92 Å². The normalized spacial score (nSPS) is 11.3. The van der Waals surface area contributed by atoms with E-state index in [9.17, 15) is 9.59 Å². The van der Waals surface area contributed by atoms with Crippen LogP contribution in [-0.2, 0) is 6.42 Å². The third-order valence-corrected chi connectivity index (χ3v) is 6.70. The summed E-state index contributed by atoms with van der Waals surface area (Å²) < 4.78 is 3.46. The first-order valence-electron chi connectivity index (χ1n) is 10.8. The Labute approximate surface area is 194 Å². The van der Waals surface area contributed by atoms with Gasteiger partial charge >= 0.3 is 0 Å². The summed E-state index contributed by atoms with van der Waals surface area (Å²) in [5.41, 5.74) is 4.16. The van der Waals surface area contributed by atoms with Crippen LogP contribution in [0.3, 0.4) is 0 Å². The predicted octanol–water partition coefficient (Wildman–Crippen LogP) is 4.88. The maximum Gasteiger partial charge on any atom is 0.267 e. The van der Waals surface area contributed by atoms with Crippen molar-refractivity contribution in [2.45, 2.75) is 25.4 Å². The van der Waals surface area contributed by atoms with Gasteiger partial charge in [-0.3, -0.25) is 14.0 Å². The minimum Gasteiger partial charge on any atom is -0.293 e. The van der Waals surface area contributed by atoms with Crippen LogP contribution in [0.15, 0.2) is 82.7 Å². The summed E-state index contributed by atoms with van der Waals surface area (Å²) in [6.07, 6.45) is 0.935. The average molecular weight is 455 g/mol. The summed E-state index contributed by atoms with van der Waals surface area (Å²) in [6.45, 7) is 4.05. The molecule has 5 aromatic rings. The fourth-order valence-electron chi connectivity index (χ4n) is 3.94. The minimum atomic E-state index is -0.150. The third-order valence-electron chi connectivity index (χ3n) is 5.77. The van der Waals surface area contributed by atoms with Gasteiger partial charge in [-0.25, -0.2) is 4.57 Å². The molecule has 0 unspecified atom stereocenters. The molecule has 0 spiro atoms. The number of benzene rings is 3. The van der Waals surface area contributed by atoms with Gasteiger partial charge in [0.15, 0.2) is 10.9 Å². The molecule has 164 valence electrons. The summed E-state index contributed by atoms with van der Waals surface area (Å²) in [5, 5.41) is 9.86. The topological polar surface area (TPSA) is 69.3 Å². The molecule has 5 rings (SSSR count). The second-order valence-electron chi connectivity index (χ2n) is 7.82. The summed E-state index contributed by atoms with van der Waals surface area (Å²) in [4.78, 5) is 26.2. The number of hydrogen-bond acceptors (Lipinski definition) is 5.